The van der Waals surface area contributed by atoms with E-state index in [9.17, 15) is 12.8 Å². The summed E-state index contributed by atoms with van der Waals surface area (Å²) in [5, 5.41) is 0. The molecule has 0 atom stereocenters. The number of benzene rings is 2. The molecule has 0 aliphatic heterocycles. The molecule has 112 valence electrons. The first kappa shape index (κ1) is 15.1. The summed E-state index contributed by atoms with van der Waals surface area (Å²) < 4.78 is 44.8. The van der Waals surface area contributed by atoms with Crippen LogP contribution in [0.15, 0.2) is 47.4 Å². The van der Waals surface area contributed by atoms with Crippen LogP contribution in [-0.4, -0.2) is 22.6 Å². The molecule has 0 unspecified atom stereocenters. The van der Waals surface area contributed by atoms with E-state index in [-0.39, 0.29) is 5.69 Å². The van der Waals surface area contributed by atoms with Crippen molar-refractivity contribution < 1.29 is 17.5 Å². The van der Waals surface area contributed by atoms with Crippen molar-refractivity contribution in [2.24, 2.45) is 0 Å². The van der Waals surface area contributed by atoms with Crippen molar-refractivity contribution in [1.29, 1.82) is 0 Å². The van der Waals surface area contributed by atoms with Crippen LogP contribution in [0.5, 0.6) is 5.75 Å². The minimum absolute atomic E-state index is 0.129. The third-order valence-electron chi connectivity index (χ3n) is 3.05. The topological polar surface area (TPSA) is 72.6 Å². The van der Waals surface area contributed by atoms with Crippen LogP contribution in [0.4, 0.5) is 15.8 Å². The van der Waals surface area contributed by atoms with Gasteiger partial charge in [0.2, 0.25) is 0 Å². The van der Waals surface area contributed by atoms with Crippen LogP contribution >= 0.6 is 0 Å². The molecular weight excluding hydrogens is 295 g/mol. The van der Waals surface area contributed by atoms with Crippen molar-refractivity contribution in [3.05, 3.63) is 48.3 Å². The van der Waals surface area contributed by atoms with Gasteiger partial charge in [-0.05, 0) is 36.4 Å². The fourth-order valence-electron chi connectivity index (χ4n) is 1.87. The first-order valence-corrected chi connectivity index (χ1v) is 7.49. The fraction of sp³-hybridized carbons (Fsp3) is 0.143. The monoisotopic (exact) mass is 310 g/mol. The van der Waals surface area contributed by atoms with E-state index in [1.54, 1.807) is 24.3 Å². The van der Waals surface area contributed by atoms with E-state index in [4.69, 9.17) is 10.5 Å². The fourth-order valence-corrected chi connectivity index (χ4v) is 3.22. The molecule has 5 nitrogen and oxygen atoms in total. The average molecular weight is 310 g/mol. The van der Waals surface area contributed by atoms with Crippen molar-refractivity contribution in [3.8, 4) is 5.75 Å². The smallest absolute Gasteiger partial charge is 0.269 e. The third-order valence-corrected chi connectivity index (χ3v) is 4.93. The highest BCUT2D eigenvalue weighted by Crippen LogP contribution is 2.28. The number of methoxy groups -OCH3 is 1. The molecule has 0 aliphatic rings. The van der Waals surface area contributed by atoms with Crippen molar-refractivity contribution in [2.45, 2.75) is 4.90 Å². The third kappa shape index (κ3) is 2.78. The number of halogens is 1. The number of rotatable bonds is 4. The zero-order valence-electron chi connectivity index (χ0n) is 11.6. The van der Waals surface area contributed by atoms with E-state index in [0.29, 0.717) is 11.4 Å². The molecule has 0 radical (unpaired) electrons. The Balaban J connectivity index is 2.47. The molecule has 0 heterocycles. The zero-order valence-corrected chi connectivity index (χ0v) is 12.4. The summed E-state index contributed by atoms with van der Waals surface area (Å²) in [5.41, 5.74) is 5.85. The maximum Gasteiger partial charge on any atom is 0.269 e. The second kappa shape index (κ2) is 5.61. The summed E-state index contributed by atoms with van der Waals surface area (Å²) in [6.45, 7) is 0. The normalized spacial score (nSPS) is 11.2. The lowest BCUT2D eigenvalue weighted by Gasteiger charge is -2.21. The molecule has 2 aromatic carbocycles. The molecule has 2 rings (SSSR count). The van der Waals surface area contributed by atoms with E-state index in [2.05, 4.69) is 0 Å². The quantitative estimate of drug-likeness (QED) is 0.879. The van der Waals surface area contributed by atoms with Gasteiger partial charge in [0.25, 0.3) is 10.0 Å². The summed E-state index contributed by atoms with van der Waals surface area (Å²) in [6.07, 6.45) is 0. The molecule has 0 spiro atoms. The first-order valence-electron chi connectivity index (χ1n) is 6.05. The Bertz CT molecular complexity index is 725. The van der Waals surface area contributed by atoms with Crippen LogP contribution in [0.1, 0.15) is 0 Å². The van der Waals surface area contributed by atoms with E-state index >= 15 is 0 Å². The summed E-state index contributed by atoms with van der Waals surface area (Å²) in [7, 11) is -1.23. The Hall–Kier alpha value is -2.28. The van der Waals surface area contributed by atoms with Gasteiger partial charge in [-0.1, -0.05) is 6.07 Å². The van der Waals surface area contributed by atoms with Gasteiger partial charge in [-0.3, -0.25) is 4.31 Å². The van der Waals surface area contributed by atoms with Crippen LogP contribution in [-0.2, 0) is 10.0 Å². The number of nitrogens with zero attached hydrogens (tertiary/aromatic N) is 1. The molecule has 2 N–H and O–H groups in total. The van der Waals surface area contributed by atoms with Crippen LogP contribution in [0, 0.1) is 5.82 Å². The number of hydrogen-bond acceptors (Lipinski definition) is 4. The van der Waals surface area contributed by atoms with Gasteiger partial charge >= 0.3 is 0 Å². The molecule has 0 fully saturated rings. The number of hydrogen-bond donors (Lipinski definition) is 1. The van der Waals surface area contributed by atoms with Crippen molar-refractivity contribution in [3.63, 3.8) is 0 Å². The highest BCUT2D eigenvalue weighted by molar-refractivity contribution is 7.93. The van der Waals surface area contributed by atoms with Gasteiger partial charge < -0.3 is 10.5 Å². The molecule has 21 heavy (non-hydrogen) atoms. The largest absolute Gasteiger partial charge is 0.497 e. The summed E-state index contributed by atoms with van der Waals surface area (Å²) >= 11 is 0. The van der Waals surface area contributed by atoms with Crippen LogP contribution < -0.4 is 14.8 Å². The number of nitrogens with two attached hydrogens (primary N) is 1. The molecule has 0 saturated heterocycles. The predicted molar refractivity (Wildman–Crippen MR) is 79.4 cm³/mol. The van der Waals surface area contributed by atoms with Gasteiger partial charge in [0, 0.05) is 7.05 Å². The molecule has 7 heteroatoms. The Morgan fingerprint density at radius 2 is 1.76 bits per heavy atom. The lowest BCUT2D eigenvalue weighted by Crippen LogP contribution is -2.28. The SMILES string of the molecule is COc1ccc(N(C)S(=O)(=O)c2c(N)cccc2F)cc1. The first-order chi connectivity index (χ1) is 9.87. The summed E-state index contributed by atoms with van der Waals surface area (Å²) in [6, 6.07) is 10.1. The van der Waals surface area contributed by atoms with Gasteiger partial charge in [-0.25, -0.2) is 12.8 Å². The van der Waals surface area contributed by atoms with E-state index in [1.807, 2.05) is 0 Å². The highest BCUT2D eigenvalue weighted by atomic mass is 32.2. The Kier molecular flexibility index (Phi) is 4.04. The van der Waals surface area contributed by atoms with Crippen molar-refractivity contribution >= 4 is 21.4 Å². The molecular formula is C14H15FN2O3S. The van der Waals surface area contributed by atoms with Gasteiger partial charge in [0.1, 0.15) is 16.5 Å². The Labute approximate surface area is 122 Å². The summed E-state index contributed by atoms with van der Waals surface area (Å²) in [5.74, 6) is -0.287. The number of nitrogen functional groups attached to an aromatic ring is 1. The lowest BCUT2D eigenvalue weighted by molar-refractivity contribution is 0.415. The maximum absolute atomic E-state index is 13.8. The predicted octanol–water partition coefficient (Wildman–Crippen LogP) is 2.24. The maximum atomic E-state index is 13.8. The molecule has 0 aromatic heterocycles. The van der Waals surface area contributed by atoms with E-state index < -0.39 is 20.7 Å². The second-order valence-electron chi connectivity index (χ2n) is 4.33. The Morgan fingerprint density at radius 3 is 2.29 bits per heavy atom. The van der Waals surface area contributed by atoms with Crippen molar-refractivity contribution in [1.82, 2.24) is 0 Å². The summed E-state index contributed by atoms with van der Waals surface area (Å²) in [4.78, 5) is -0.525. The zero-order chi connectivity index (χ0) is 15.6. The van der Waals surface area contributed by atoms with E-state index in [0.717, 1.165) is 10.4 Å². The van der Waals surface area contributed by atoms with Crippen LogP contribution in [0.2, 0.25) is 0 Å². The standard InChI is InChI=1S/C14H15FN2O3S/c1-17(10-6-8-11(20-2)9-7-10)21(18,19)14-12(15)4-3-5-13(14)16/h3-9H,16H2,1-2H3. The van der Waals surface area contributed by atoms with Gasteiger partial charge in [-0.15, -0.1) is 0 Å². The van der Waals surface area contributed by atoms with Gasteiger partial charge in [0.15, 0.2) is 0 Å². The molecule has 0 bridgehead atoms. The Morgan fingerprint density at radius 1 is 1.14 bits per heavy atom. The average Bonchev–Trinajstić information content (AvgIpc) is 2.46. The molecule has 0 aliphatic carbocycles. The van der Waals surface area contributed by atoms with E-state index in [1.165, 1.54) is 26.3 Å². The lowest BCUT2D eigenvalue weighted by atomic mass is 10.3. The van der Waals surface area contributed by atoms with Crippen LogP contribution in [0.25, 0.3) is 0 Å². The second-order valence-corrected chi connectivity index (χ2v) is 6.23. The molecule has 0 saturated carbocycles. The minimum atomic E-state index is -4.08. The number of ether oxygens (including phenoxy) is 1. The molecule has 2 aromatic rings. The minimum Gasteiger partial charge on any atom is -0.497 e. The highest BCUT2D eigenvalue weighted by Gasteiger charge is 2.27. The van der Waals surface area contributed by atoms with Gasteiger partial charge in [-0.2, -0.15) is 0 Å². The van der Waals surface area contributed by atoms with Crippen molar-refractivity contribution in [2.75, 3.05) is 24.2 Å². The van der Waals surface area contributed by atoms with Crippen LogP contribution in [0.3, 0.4) is 0 Å². The number of sulfonamides is 1. The number of anilines is 2. The molecule has 0 amide bonds. The van der Waals surface area contributed by atoms with Gasteiger partial charge in [0.05, 0.1) is 18.5 Å².